The van der Waals surface area contributed by atoms with Gasteiger partial charge in [-0.1, -0.05) is 12.8 Å². The number of carbonyl (C=O) groups is 1. The van der Waals surface area contributed by atoms with Gasteiger partial charge in [0, 0.05) is 9.75 Å². The van der Waals surface area contributed by atoms with Crippen molar-refractivity contribution in [1.82, 2.24) is 10.6 Å². The topological polar surface area (TPSA) is 41.1 Å². The molecule has 3 nitrogen and oxygen atoms in total. The first-order valence-electron chi connectivity index (χ1n) is 6.77. The van der Waals surface area contributed by atoms with Crippen molar-refractivity contribution >= 4 is 17.2 Å². The Balaban J connectivity index is 1.89. The summed E-state index contributed by atoms with van der Waals surface area (Å²) in [6.07, 6.45) is 4.53. The van der Waals surface area contributed by atoms with E-state index in [4.69, 9.17) is 0 Å². The predicted molar refractivity (Wildman–Crippen MR) is 75.9 cm³/mol. The summed E-state index contributed by atoms with van der Waals surface area (Å²) < 4.78 is 0. The summed E-state index contributed by atoms with van der Waals surface area (Å²) in [5.41, 5.74) is 0. The van der Waals surface area contributed by atoms with Crippen molar-refractivity contribution in [3.8, 4) is 0 Å². The zero-order valence-corrected chi connectivity index (χ0v) is 12.0. The third kappa shape index (κ3) is 3.56. The molecular weight excluding hydrogens is 244 g/mol. The van der Waals surface area contributed by atoms with Gasteiger partial charge in [-0.05, 0) is 45.4 Å². The van der Waals surface area contributed by atoms with E-state index in [0.29, 0.717) is 0 Å². The van der Waals surface area contributed by atoms with Crippen LogP contribution in [0.1, 0.15) is 48.4 Å². The Kier molecular flexibility index (Phi) is 4.78. The molecule has 4 heteroatoms. The Hall–Kier alpha value is -0.870. The van der Waals surface area contributed by atoms with Gasteiger partial charge in [-0.15, -0.1) is 11.3 Å². The summed E-state index contributed by atoms with van der Waals surface area (Å²) in [5.74, 6) is 0.149. The third-order valence-electron chi connectivity index (χ3n) is 3.42. The largest absolute Gasteiger partial charge is 0.347 e. The summed E-state index contributed by atoms with van der Waals surface area (Å²) >= 11 is 1.75. The molecule has 2 heterocycles. The van der Waals surface area contributed by atoms with Crippen molar-refractivity contribution in [3.05, 3.63) is 21.9 Å². The predicted octanol–water partition coefficient (Wildman–Crippen LogP) is 2.77. The van der Waals surface area contributed by atoms with Gasteiger partial charge in [-0.2, -0.15) is 0 Å². The highest BCUT2D eigenvalue weighted by atomic mass is 32.1. The molecule has 100 valence electrons. The van der Waals surface area contributed by atoms with Crippen LogP contribution < -0.4 is 10.6 Å². The lowest BCUT2D eigenvalue weighted by molar-refractivity contribution is -0.123. The molecule has 1 aromatic heterocycles. The van der Waals surface area contributed by atoms with Crippen LogP contribution >= 0.6 is 11.3 Å². The van der Waals surface area contributed by atoms with Crippen LogP contribution in [0.2, 0.25) is 0 Å². The van der Waals surface area contributed by atoms with Crippen LogP contribution in [0.15, 0.2) is 12.1 Å². The van der Waals surface area contributed by atoms with Crippen LogP contribution in [0.25, 0.3) is 0 Å². The van der Waals surface area contributed by atoms with E-state index >= 15 is 0 Å². The fraction of sp³-hybridized carbons (Fsp3) is 0.643. The molecule has 1 saturated heterocycles. The minimum Gasteiger partial charge on any atom is -0.347 e. The van der Waals surface area contributed by atoms with Gasteiger partial charge in [0.15, 0.2) is 0 Å². The molecule has 0 spiro atoms. The summed E-state index contributed by atoms with van der Waals surface area (Å²) in [6.45, 7) is 5.11. The zero-order chi connectivity index (χ0) is 13.0. The van der Waals surface area contributed by atoms with Crippen molar-refractivity contribution in [3.63, 3.8) is 0 Å². The average Bonchev–Trinajstić information content (AvgIpc) is 2.63. The summed E-state index contributed by atoms with van der Waals surface area (Å²) in [5, 5.41) is 6.45. The summed E-state index contributed by atoms with van der Waals surface area (Å²) in [6, 6.07) is 4.31. The van der Waals surface area contributed by atoms with Gasteiger partial charge >= 0.3 is 0 Å². The van der Waals surface area contributed by atoms with Gasteiger partial charge in [0.25, 0.3) is 0 Å². The van der Waals surface area contributed by atoms with E-state index in [0.717, 1.165) is 19.4 Å². The lowest BCUT2D eigenvalue weighted by Crippen LogP contribution is -2.44. The number of hydrogen-bond acceptors (Lipinski definition) is 3. The van der Waals surface area contributed by atoms with Crippen LogP contribution in [-0.2, 0) is 4.79 Å². The maximum Gasteiger partial charge on any atom is 0.237 e. The van der Waals surface area contributed by atoms with E-state index in [1.54, 1.807) is 11.3 Å². The number of nitrogens with one attached hydrogen (secondary N) is 2. The van der Waals surface area contributed by atoms with Gasteiger partial charge in [0.2, 0.25) is 5.91 Å². The van der Waals surface area contributed by atoms with Crippen molar-refractivity contribution in [2.24, 2.45) is 0 Å². The first kappa shape index (κ1) is 13.6. The smallest absolute Gasteiger partial charge is 0.237 e. The highest BCUT2D eigenvalue weighted by Gasteiger charge is 2.21. The molecule has 1 fully saturated rings. The fourth-order valence-electron chi connectivity index (χ4n) is 2.32. The molecule has 2 atom stereocenters. The number of rotatable bonds is 3. The van der Waals surface area contributed by atoms with Crippen LogP contribution in [-0.4, -0.2) is 18.5 Å². The van der Waals surface area contributed by atoms with E-state index in [-0.39, 0.29) is 18.0 Å². The molecule has 1 aliphatic rings. The van der Waals surface area contributed by atoms with Gasteiger partial charge in [0.05, 0.1) is 12.1 Å². The second kappa shape index (κ2) is 6.34. The van der Waals surface area contributed by atoms with Crippen molar-refractivity contribution < 1.29 is 4.79 Å². The molecule has 2 N–H and O–H groups in total. The lowest BCUT2D eigenvalue weighted by Gasteiger charge is -2.19. The molecule has 2 unspecified atom stereocenters. The zero-order valence-electron chi connectivity index (χ0n) is 11.2. The Morgan fingerprint density at radius 1 is 1.44 bits per heavy atom. The average molecular weight is 266 g/mol. The minimum absolute atomic E-state index is 0.00370. The van der Waals surface area contributed by atoms with Gasteiger partial charge < -0.3 is 10.6 Å². The number of carbonyl (C=O) groups excluding carboxylic acids is 1. The van der Waals surface area contributed by atoms with Crippen LogP contribution in [0.5, 0.6) is 0 Å². The molecule has 1 aromatic rings. The SMILES string of the molecule is Cc1ccc(C(C)NC(=O)C2CCCCCN2)s1. The third-order valence-corrected chi connectivity index (χ3v) is 4.61. The van der Waals surface area contributed by atoms with Gasteiger partial charge in [-0.25, -0.2) is 0 Å². The first-order chi connectivity index (χ1) is 8.66. The molecule has 0 bridgehead atoms. The van der Waals surface area contributed by atoms with Gasteiger partial charge in [-0.3, -0.25) is 4.79 Å². The quantitative estimate of drug-likeness (QED) is 0.883. The maximum atomic E-state index is 12.2. The Morgan fingerprint density at radius 3 is 3.00 bits per heavy atom. The molecular formula is C14H22N2OS. The molecule has 1 aliphatic heterocycles. The molecule has 0 radical (unpaired) electrons. The molecule has 1 amide bonds. The second-order valence-electron chi connectivity index (χ2n) is 5.03. The van der Waals surface area contributed by atoms with E-state index in [1.807, 2.05) is 0 Å². The Bertz CT molecular complexity index is 394. The van der Waals surface area contributed by atoms with Crippen LogP contribution in [0.3, 0.4) is 0 Å². The van der Waals surface area contributed by atoms with E-state index in [1.165, 1.54) is 22.6 Å². The molecule has 0 saturated carbocycles. The number of amides is 1. The first-order valence-corrected chi connectivity index (χ1v) is 7.58. The normalized spacial score (nSPS) is 22.2. The highest BCUT2D eigenvalue weighted by Crippen LogP contribution is 2.22. The highest BCUT2D eigenvalue weighted by molar-refractivity contribution is 7.12. The standard InChI is InChI=1S/C14H22N2OS/c1-10-7-8-13(18-10)11(2)16-14(17)12-6-4-3-5-9-15-12/h7-8,11-12,15H,3-6,9H2,1-2H3,(H,16,17). The molecule has 0 aliphatic carbocycles. The van der Waals surface area contributed by atoms with Crippen LogP contribution in [0.4, 0.5) is 0 Å². The molecule has 18 heavy (non-hydrogen) atoms. The van der Waals surface area contributed by atoms with Crippen molar-refractivity contribution in [1.29, 1.82) is 0 Å². The monoisotopic (exact) mass is 266 g/mol. The number of hydrogen-bond donors (Lipinski definition) is 2. The number of aryl methyl sites for hydroxylation is 1. The Morgan fingerprint density at radius 2 is 2.28 bits per heavy atom. The Labute approximate surface area is 113 Å². The summed E-state index contributed by atoms with van der Waals surface area (Å²) in [4.78, 5) is 14.7. The minimum atomic E-state index is -0.00370. The van der Waals surface area contributed by atoms with E-state index in [9.17, 15) is 4.79 Å². The summed E-state index contributed by atoms with van der Waals surface area (Å²) in [7, 11) is 0. The fourth-order valence-corrected chi connectivity index (χ4v) is 3.20. The molecule has 0 aromatic carbocycles. The van der Waals surface area contributed by atoms with Crippen LogP contribution in [0, 0.1) is 6.92 Å². The van der Waals surface area contributed by atoms with Crippen molar-refractivity contribution in [2.75, 3.05) is 6.54 Å². The second-order valence-corrected chi connectivity index (χ2v) is 6.35. The molecule has 2 rings (SSSR count). The van der Waals surface area contributed by atoms with E-state index in [2.05, 4.69) is 36.6 Å². The number of thiophene rings is 1. The lowest BCUT2D eigenvalue weighted by atomic mass is 10.1. The van der Waals surface area contributed by atoms with E-state index < -0.39 is 0 Å². The maximum absolute atomic E-state index is 12.2. The van der Waals surface area contributed by atoms with Crippen molar-refractivity contribution in [2.45, 2.75) is 51.6 Å². The van der Waals surface area contributed by atoms with Gasteiger partial charge in [0.1, 0.15) is 0 Å².